The molecule has 0 aliphatic rings. The molecule has 8 heavy (non-hydrogen) atoms. The maximum atomic E-state index is 10.9. The summed E-state index contributed by atoms with van der Waals surface area (Å²) in [6.07, 6.45) is -1.23. The first-order chi connectivity index (χ1) is 3.56. The minimum atomic E-state index is -3.56. The second-order valence-electron chi connectivity index (χ2n) is 1.13. The predicted octanol–water partition coefficient (Wildman–Crippen LogP) is 1.95. The predicted molar refractivity (Wildman–Crippen MR) is 47.5 cm³/mol. The monoisotopic (exact) mass is 365 g/mol. The van der Waals surface area contributed by atoms with Gasteiger partial charge in [-0.15, -0.1) is 0 Å². The van der Waals surface area contributed by atoms with Gasteiger partial charge in [0, 0.05) is 44.6 Å². The van der Waals surface area contributed by atoms with Gasteiger partial charge >= 0.3 is 0 Å². The fourth-order valence-electron chi connectivity index (χ4n) is 0. The Hall–Kier alpha value is 1.58. The van der Waals surface area contributed by atoms with Crippen molar-refractivity contribution in [2.45, 2.75) is 0 Å². The molecule has 0 aliphatic heterocycles. The van der Waals surface area contributed by atoms with Crippen molar-refractivity contribution in [2.24, 2.45) is 0 Å². The standard InChI is InChI=1S/C2H6FO2P.I2/c1-6(4,5)2-3;1-2/h2H2,1H3,(H,4,5);/p-1. The SMILES string of the molecule is CP(=O)([O-])CF.II. The Labute approximate surface area is 71.0 Å². The molecule has 0 radical (unpaired) electrons. The molecule has 0 saturated heterocycles. The lowest BCUT2D eigenvalue weighted by atomic mass is 11.8. The fourth-order valence-corrected chi connectivity index (χ4v) is 0. The first kappa shape index (κ1) is 12.3. The molecule has 0 heterocycles. The zero-order chi connectivity index (χ0) is 7.21. The zero-order valence-corrected chi connectivity index (χ0v) is 9.31. The van der Waals surface area contributed by atoms with E-state index >= 15 is 0 Å². The summed E-state index contributed by atoms with van der Waals surface area (Å²) in [5.41, 5.74) is 0. The highest BCUT2D eigenvalue weighted by Gasteiger charge is 1.91. The van der Waals surface area contributed by atoms with Gasteiger partial charge in [-0.05, 0) is 6.66 Å². The average molecular weight is 365 g/mol. The highest BCUT2D eigenvalue weighted by molar-refractivity contribution is 15.0. The van der Waals surface area contributed by atoms with Crippen molar-refractivity contribution in [3.05, 3.63) is 0 Å². The Morgan fingerprint density at radius 1 is 1.75 bits per heavy atom. The molecule has 0 rings (SSSR count). The number of hydrogen-bond donors (Lipinski definition) is 0. The quantitative estimate of drug-likeness (QED) is 0.527. The van der Waals surface area contributed by atoms with Crippen LogP contribution in [0.1, 0.15) is 0 Å². The second kappa shape index (κ2) is 6.70. The van der Waals surface area contributed by atoms with Crippen LogP contribution in [0.15, 0.2) is 0 Å². The van der Waals surface area contributed by atoms with Crippen LogP contribution in [0.5, 0.6) is 0 Å². The number of hydrogen-bond acceptors (Lipinski definition) is 2. The van der Waals surface area contributed by atoms with E-state index in [1.54, 1.807) is 0 Å². The number of alkyl halides is 1. The molecule has 0 N–H and O–H groups in total. The zero-order valence-electron chi connectivity index (χ0n) is 4.10. The van der Waals surface area contributed by atoms with Crippen LogP contribution in [0, 0.1) is 0 Å². The van der Waals surface area contributed by atoms with Crippen molar-refractivity contribution >= 4 is 44.6 Å². The molecule has 0 bridgehead atoms. The molecule has 0 amide bonds. The Balaban J connectivity index is 0. The van der Waals surface area contributed by atoms with E-state index in [1.165, 1.54) is 0 Å². The smallest absolute Gasteiger partial charge is 0.129 e. The lowest BCUT2D eigenvalue weighted by Gasteiger charge is -2.09. The molecule has 52 valence electrons. The van der Waals surface area contributed by atoms with Crippen molar-refractivity contribution in [1.29, 1.82) is 0 Å². The van der Waals surface area contributed by atoms with Gasteiger partial charge in [-0.25, -0.2) is 4.39 Å². The molecule has 1 atom stereocenters. The van der Waals surface area contributed by atoms with Crippen LogP contribution in [-0.2, 0) is 4.57 Å². The van der Waals surface area contributed by atoms with Crippen molar-refractivity contribution in [1.82, 2.24) is 0 Å². The third-order valence-electron chi connectivity index (χ3n) is 0.217. The van der Waals surface area contributed by atoms with Crippen LogP contribution in [0.3, 0.4) is 0 Å². The van der Waals surface area contributed by atoms with Gasteiger partial charge in [-0.2, -0.15) is 0 Å². The Morgan fingerprint density at radius 3 is 1.88 bits per heavy atom. The van der Waals surface area contributed by atoms with E-state index in [-0.39, 0.29) is 0 Å². The molecule has 0 spiro atoms. The molecule has 2 nitrogen and oxygen atoms in total. The average Bonchev–Trinajstić information content (AvgIpc) is 1.71. The van der Waals surface area contributed by atoms with E-state index in [0.717, 1.165) is 6.66 Å². The third-order valence-corrected chi connectivity index (χ3v) is 0.651. The van der Waals surface area contributed by atoms with Gasteiger partial charge < -0.3 is 9.46 Å². The minimum Gasteiger partial charge on any atom is -0.798 e. The van der Waals surface area contributed by atoms with Crippen LogP contribution in [-0.4, -0.2) is 13.1 Å². The first-order valence-corrected chi connectivity index (χ1v) is 10.1. The maximum absolute atomic E-state index is 10.9. The molecule has 0 aromatic carbocycles. The summed E-state index contributed by atoms with van der Waals surface area (Å²) in [6, 6.07) is 0. The Bertz CT molecular complexity index is 82.1. The second-order valence-corrected chi connectivity index (χ2v) is 3.40. The molecule has 1 unspecified atom stereocenters. The van der Waals surface area contributed by atoms with E-state index in [4.69, 9.17) is 0 Å². The molecular weight excluding hydrogens is 360 g/mol. The van der Waals surface area contributed by atoms with Crippen LogP contribution in [0.4, 0.5) is 4.39 Å². The highest BCUT2D eigenvalue weighted by Crippen LogP contribution is 2.28. The van der Waals surface area contributed by atoms with Crippen LogP contribution < -0.4 is 4.89 Å². The van der Waals surface area contributed by atoms with Gasteiger partial charge in [0.05, 0.1) is 0 Å². The summed E-state index contributed by atoms with van der Waals surface area (Å²) in [6.45, 7) is 0.868. The summed E-state index contributed by atoms with van der Waals surface area (Å²) in [7, 11) is -3.56. The van der Waals surface area contributed by atoms with E-state index in [2.05, 4.69) is 37.2 Å². The number of rotatable bonds is 1. The molecule has 0 aliphatic carbocycles. The summed E-state index contributed by atoms with van der Waals surface area (Å²) in [5.74, 6) is 0. The van der Waals surface area contributed by atoms with Gasteiger partial charge in [0.2, 0.25) is 0 Å². The molecule has 0 aromatic rings. The van der Waals surface area contributed by atoms with Gasteiger partial charge in [0.1, 0.15) is 6.42 Å². The van der Waals surface area contributed by atoms with E-state index in [9.17, 15) is 13.8 Å². The van der Waals surface area contributed by atoms with E-state index < -0.39 is 13.8 Å². The lowest BCUT2D eigenvalue weighted by molar-refractivity contribution is -0.175. The third kappa shape index (κ3) is 15.6. The first-order valence-electron chi connectivity index (χ1n) is 1.54. The number of halogens is 3. The van der Waals surface area contributed by atoms with Gasteiger partial charge in [0.25, 0.3) is 0 Å². The topological polar surface area (TPSA) is 40.1 Å². The minimum absolute atomic E-state index is 0.868. The van der Waals surface area contributed by atoms with Crippen molar-refractivity contribution < 1.29 is 13.8 Å². The van der Waals surface area contributed by atoms with Crippen LogP contribution >= 0.6 is 44.6 Å². The molecule has 0 saturated carbocycles. The summed E-state index contributed by atoms with van der Waals surface area (Å²) in [4.78, 5) is 9.65. The summed E-state index contributed by atoms with van der Waals surface area (Å²) >= 11 is 4.24. The summed E-state index contributed by atoms with van der Waals surface area (Å²) < 4.78 is 20.6. The molecular formula is C2H5FI2O2P-. The van der Waals surface area contributed by atoms with E-state index in [0.29, 0.717) is 0 Å². The Morgan fingerprint density at radius 2 is 1.88 bits per heavy atom. The van der Waals surface area contributed by atoms with Gasteiger partial charge in [-0.3, -0.25) is 0 Å². The van der Waals surface area contributed by atoms with Gasteiger partial charge in [0.15, 0.2) is 0 Å². The normalized spacial score (nSPS) is 15.6. The largest absolute Gasteiger partial charge is 0.798 e. The molecule has 6 heteroatoms. The van der Waals surface area contributed by atoms with Crippen molar-refractivity contribution in [2.75, 3.05) is 13.1 Å². The van der Waals surface area contributed by atoms with Crippen molar-refractivity contribution in [3.63, 3.8) is 0 Å². The maximum Gasteiger partial charge on any atom is 0.129 e. The fraction of sp³-hybridized carbons (Fsp3) is 1.00. The lowest BCUT2D eigenvalue weighted by Crippen LogP contribution is -1.98. The van der Waals surface area contributed by atoms with E-state index in [1.807, 2.05) is 0 Å². The summed E-state index contributed by atoms with van der Waals surface area (Å²) in [5, 5.41) is 0. The van der Waals surface area contributed by atoms with Crippen molar-refractivity contribution in [3.8, 4) is 0 Å². The molecule has 0 aromatic heterocycles. The van der Waals surface area contributed by atoms with Crippen LogP contribution in [0.2, 0.25) is 0 Å². The van der Waals surface area contributed by atoms with Crippen LogP contribution in [0.25, 0.3) is 0 Å². The Kier molecular flexibility index (Phi) is 10.3. The molecule has 0 fully saturated rings. The van der Waals surface area contributed by atoms with Gasteiger partial charge in [-0.1, -0.05) is 0 Å². The highest BCUT2D eigenvalue weighted by atomic mass is 128.